The Kier molecular flexibility index (Phi) is 6.94. The number of ether oxygens (including phenoxy) is 2. The minimum absolute atomic E-state index is 0.0755. The number of sulfonamides is 1. The molecule has 0 spiro atoms. The number of hydrogen-bond donors (Lipinski definition) is 1. The fourth-order valence-corrected chi connectivity index (χ4v) is 4.87. The minimum atomic E-state index is -3.86. The smallest absolute Gasteiger partial charge is 0.339 e. The summed E-state index contributed by atoms with van der Waals surface area (Å²) in [4.78, 5) is 26.8. The van der Waals surface area contributed by atoms with E-state index in [-0.39, 0.29) is 27.5 Å². The third-order valence-corrected chi connectivity index (χ3v) is 7.01. The van der Waals surface area contributed by atoms with Crippen molar-refractivity contribution in [3.05, 3.63) is 53.6 Å². The van der Waals surface area contributed by atoms with Crippen LogP contribution in [0.3, 0.4) is 0 Å². The van der Waals surface area contributed by atoms with Crippen LogP contribution >= 0.6 is 0 Å². The summed E-state index contributed by atoms with van der Waals surface area (Å²) < 4.78 is 37.8. The molecule has 9 nitrogen and oxygen atoms in total. The Bertz CT molecular complexity index is 1080. The summed E-state index contributed by atoms with van der Waals surface area (Å²) in [6.07, 6.45) is 0. The Hall–Kier alpha value is -2.95. The van der Waals surface area contributed by atoms with Gasteiger partial charge in [0.1, 0.15) is 10.6 Å². The van der Waals surface area contributed by atoms with Gasteiger partial charge in [-0.05, 0) is 37.4 Å². The lowest BCUT2D eigenvalue weighted by Crippen LogP contribution is -2.47. The summed E-state index contributed by atoms with van der Waals surface area (Å²) in [7, 11) is 0.707. The minimum Gasteiger partial charge on any atom is -0.495 e. The molecule has 2 aromatic rings. The highest BCUT2D eigenvalue weighted by Crippen LogP contribution is 2.29. The molecule has 1 N–H and O–H groups in total. The second kappa shape index (κ2) is 9.46. The molecule has 1 aliphatic rings. The lowest BCUT2D eigenvalue weighted by Gasteiger charge is -2.31. The number of rotatable bonds is 6. The van der Waals surface area contributed by atoms with Crippen molar-refractivity contribution in [1.29, 1.82) is 0 Å². The Morgan fingerprint density at radius 1 is 1.00 bits per heavy atom. The number of hydrogen-bond acceptors (Lipinski definition) is 7. The van der Waals surface area contributed by atoms with Gasteiger partial charge in [-0.1, -0.05) is 12.1 Å². The zero-order valence-electron chi connectivity index (χ0n) is 17.6. The number of anilines is 1. The van der Waals surface area contributed by atoms with Crippen molar-refractivity contribution in [2.75, 3.05) is 52.8 Å². The molecule has 0 radical (unpaired) electrons. The van der Waals surface area contributed by atoms with Crippen LogP contribution in [0.1, 0.15) is 20.7 Å². The summed E-state index contributed by atoms with van der Waals surface area (Å²) >= 11 is 0. The second-order valence-corrected chi connectivity index (χ2v) is 8.97. The molecule has 3 rings (SSSR count). The molecule has 2 aromatic carbocycles. The zero-order valence-corrected chi connectivity index (χ0v) is 18.4. The van der Waals surface area contributed by atoms with Crippen molar-refractivity contribution in [3.8, 4) is 5.75 Å². The van der Waals surface area contributed by atoms with Gasteiger partial charge < -0.3 is 19.7 Å². The Labute approximate surface area is 181 Å². The van der Waals surface area contributed by atoms with Crippen LogP contribution in [-0.4, -0.2) is 76.9 Å². The molecule has 0 unspecified atom stereocenters. The van der Waals surface area contributed by atoms with Crippen LogP contribution in [0.5, 0.6) is 5.75 Å². The molecule has 1 fully saturated rings. The average molecular weight is 448 g/mol. The van der Waals surface area contributed by atoms with Crippen LogP contribution in [-0.2, 0) is 14.8 Å². The van der Waals surface area contributed by atoms with Crippen molar-refractivity contribution in [2.24, 2.45) is 0 Å². The van der Waals surface area contributed by atoms with Gasteiger partial charge in [0.05, 0.1) is 25.5 Å². The van der Waals surface area contributed by atoms with Gasteiger partial charge in [0.25, 0.3) is 5.91 Å². The molecule has 0 atom stereocenters. The first-order valence-electron chi connectivity index (χ1n) is 9.63. The fourth-order valence-electron chi connectivity index (χ4n) is 3.26. The summed E-state index contributed by atoms with van der Waals surface area (Å²) in [5.41, 5.74) is 0.573. The molecule has 31 heavy (non-hydrogen) atoms. The molecular weight excluding hydrogens is 422 g/mol. The van der Waals surface area contributed by atoms with Crippen molar-refractivity contribution < 1.29 is 27.5 Å². The van der Waals surface area contributed by atoms with Crippen molar-refractivity contribution in [3.63, 3.8) is 0 Å². The molecule has 1 heterocycles. The average Bonchev–Trinajstić information content (AvgIpc) is 2.78. The van der Waals surface area contributed by atoms with Crippen molar-refractivity contribution in [1.82, 2.24) is 9.21 Å². The van der Waals surface area contributed by atoms with E-state index >= 15 is 0 Å². The number of nitrogens with one attached hydrogen (secondary N) is 1. The predicted octanol–water partition coefficient (Wildman–Crippen LogP) is 1.67. The number of piperazine rings is 1. The molecule has 0 aromatic heterocycles. The number of esters is 1. The first-order chi connectivity index (χ1) is 14.8. The van der Waals surface area contributed by atoms with Crippen LogP contribution < -0.4 is 10.1 Å². The number of para-hydroxylation sites is 1. The molecule has 10 heteroatoms. The van der Waals surface area contributed by atoms with Gasteiger partial charge >= 0.3 is 5.97 Å². The molecule has 1 saturated heterocycles. The van der Waals surface area contributed by atoms with Gasteiger partial charge in [-0.2, -0.15) is 4.31 Å². The lowest BCUT2D eigenvalue weighted by molar-refractivity contribution is 0.0602. The second-order valence-electron chi connectivity index (χ2n) is 7.06. The number of benzene rings is 2. The Balaban J connectivity index is 1.92. The number of nitrogens with zero attached hydrogens (tertiary/aromatic N) is 2. The molecule has 0 bridgehead atoms. The molecule has 1 aliphatic heterocycles. The van der Waals surface area contributed by atoms with Gasteiger partial charge in [0.15, 0.2) is 0 Å². The highest BCUT2D eigenvalue weighted by atomic mass is 32.2. The van der Waals surface area contributed by atoms with E-state index in [1.807, 2.05) is 11.9 Å². The van der Waals surface area contributed by atoms with Crippen LogP contribution in [0.15, 0.2) is 47.4 Å². The summed E-state index contributed by atoms with van der Waals surface area (Å²) in [5.74, 6) is -0.997. The van der Waals surface area contributed by atoms with Crippen LogP contribution in [0, 0.1) is 0 Å². The number of carbonyl (C=O) groups excluding carboxylic acids is 2. The van der Waals surface area contributed by atoms with E-state index in [9.17, 15) is 18.0 Å². The number of amides is 1. The number of likely N-dealkylation sites (N-methyl/N-ethyl adjacent to an activating group) is 1. The van der Waals surface area contributed by atoms with E-state index < -0.39 is 21.9 Å². The van der Waals surface area contributed by atoms with E-state index in [2.05, 4.69) is 5.32 Å². The highest BCUT2D eigenvalue weighted by Gasteiger charge is 2.31. The van der Waals surface area contributed by atoms with Gasteiger partial charge in [-0.15, -0.1) is 0 Å². The number of carbonyl (C=O) groups is 2. The maximum atomic E-state index is 13.2. The van der Waals surface area contributed by atoms with E-state index in [0.717, 1.165) is 0 Å². The normalized spacial score (nSPS) is 15.3. The standard InChI is InChI=1S/C21H25N3O6S/c1-23-10-12-24(13-11-23)31(27,28)19-14-15(8-9-18(19)29-2)20(25)22-17-7-5-4-6-16(17)21(26)30-3/h4-9,14H,10-13H2,1-3H3,(H,22,25). The topological polar surface area (TPSA) is 105 Å². The van der Waals surface area contributed by atoms with Gasteiger partial charge in [-0.25, -0.2) is 13.2 Å². The molecule has 0 aliphatic carbocycles. The monoisotopic (exact) mass is 447 g/mol. The molecular formula is C21H25N3O6S. The third kappa shape index (κ3) is 4.87. The summed E-state index contributed by atoms with van der Waals surface area (Å²) in [6.45, 7) is 1.94. The van der Waals surface area contributed by atoms with E-state index in [0.29, 0.717) is 26.2 Å². The Morgan fingerprint density at radius 2 is 1.68 bits per heavy atom. The number of methoxy groups -OCH3 is 2. The Morgan fingerprint density at radius 3 is 2.32 bits per heavy atom. The largest absolute Gasteiger partial charge is 0.495 e. The first kappa shape index (κ1) is 22.7. The van der Waals surface area contributed by atoms with Crippen molar-refractivity contribution >= 4 is 27.6 Å². The van der Waals surface area contributed by atoms with E-state index in [1.54, 1.807) is 18.2 Å². The predicted molar refractivity (Wildman–Crippen MR) is 115 cm³/mol. The zero-order chi connectivity index (χ0) is 22.6. The van der Waals surface area contributed by atoms with Gasteiger partial charge in [-0.3, -0.25) is 4.79 Å². The first-order valence-corrected chi connectivity index (χ1v) is 11.1. The quantitative estimate of drug-likeness (QED) is 0.672. The van der Waals surface area contributed by atoms with Crippen LogP contribution in [0.25, 0.3) is 0 Å². The van der Waals surface area contributed by atoms with Crippen LogP contribution in [0.2, 0.25) is 0 Å². The summed E-state index contributed by atoms with van der Waals surface area (Å²) in [5, 5.41) is 2.65. The maximum Gasteiger partial charge on any atom is 0.339 e. The third-order valence-electron chi connectivity index (χ3n) is 5.09. The maximum absolute atomic E-state index is 13.2. The van der Waals surface area contributed by atoms with Crippen molar-refractivity contribution in [2.45, 2.75) is 4.90 Å². The summed E-state index contributed by atoms with van der Waals surface area (Å²) in [6, 6.07) is 10.6. The molecule has 0 saturated carbocycles. The van der Waals surface area contributed by atoms with Gasteiger partial charge in [0, 0.05) is 31.7 Å². The highest BCUT2D eigenvalue weighted by molar-refractivity contribution is 7.89. The fraction of sp³-hybridized carbons (Fsp3) is 0.333. The van der Waals surface area contributed by atoms with E-state index in [1.165, 1.54) is 42.8 Å². The molecule has 1 amide bonds. The molecule has 166 valence electrons. The van der Waals surface area contributed by atoms with E-state index in [4.69, 9.17) is 9.47 Å². The van der Waals surface area contributed by atoms with Crippen LogP contribution in [0.4, 0.5) is 5.69 Å². The lowest BCUT2D eigenvalue weighted by atomic mass is 10.1. The SMILES string of the molecule is COC(=O)c1ccccc1NC(=O)c1ccc(OC)c(S(=O)(=O)N2CCN(C)CC2)c1. The van der Waals surface area contributed by atoms with Gasteiger partial charge in [0.2, 0.25) is 10.0 Å².